The van der Waals surface area contributed by atoms with Crippen LogP contribution < -0.4 is 21.3 Å². The van der Waals surface area contributed by atoms with Gasteiger partial charge < -0.3 is 36.0 Å². The third-order valence-corrected chi connectivity index (χ3v) is 7.34. The zero-order valence-electron chi connectivity index (χ0n) is 26.4. The fraction of sp³-hybridized carbons (Fsp3) is 0.485. The van der Waals surface area contributed by atoms with Gasteiger partial charge in [0.15, 0.2) is 6.23 Å². The first-order chi connectivity index (χ1) is 21.4. The number of ketones is 1. The van der Waals surface area contributed by atoms with Gasteiger partial charge in [-0.2, -0.15) is 0 Å². The highest BCUT2D eigenvalue weighted by atomic mass is 16.5. The Balaban J connectivity index is 1.84. The van der Waals surface area contributed by atoms with Crippen molar-refractivity contribution in [3.63, 3.8) is 0 Å². The van der Waals surface area contributed by atoms with Crippen LogP contribution in [0.25, 0.3) is 0 Å². The molecule has 1 heterocycles. The molecule has 2 aromatic rings. The molecule has 244 valence electrons. The fourth-order valence-corrected chi connectivity index (χ4v) is 5.10. The first-order valence-electron chi connectivity index (χ1n) is 15.3. The minimum Gasteiger partial charge on any atom is -0.445 e. The van der Waals surface area contributed by atoms with Crippen LogP contribution in [0.5, 0.6) is 0 Å². The molecule has 4 amide bonds. The predicted octanol–water partition coefficient (Wildman–Crippen LogP) is 1.80. The van der Waals surface area contributed by atoms with Gasteiger partial charge in [-0.15, -0.1) is 0 Å². The molecule has 1 unspecified atom stereocenters. The van der Waals surface area contributed by atoms with E-state index >= 15 is 0 Å². The summed E-state index contributed by atoms with van der Waals surface area (Å²) in [5.41, 5.74) is 0.485. The van der Waals surface area contributed by atoms with E-state index in [1.165, 1.54) is 0 Å². The average Bonchev–Trinajstić information content (AvgIpc) is 3.55. The van der Waals surface area contributed by atoms with Crippen molar-refractivity contribution in [1.29, 1.82) is 0 Å². The van der Waals surface area contributed by atoms with Crippen LogP contribution in [0, 0.1) is 0 Å². The molecule has 1 saturated heterocycles. The van der Waals surface area contributed by atoms with Gasteiger partial charge in [-0.3, -0.25) is 19.2 Å². The smallest absolute Gasteiger partial charge is 0.408 e. The number of hydrogen-bond donors (Lipinski definition) is 5. The van der Waals surface area contributed by atoms with Crippen LogP contribution in [0.4, 0.5) is 4.79 Å². The predicted molar refractivity (Wildman–Crippen MR) is 168 cm³/mol. The SMILES string of the molecule is CCNC(=O)C[C@H](NC(=O)OCc1ccccc1)C(=O)N[C@@H](Cc1ccccc1)C(=O)C(O)N(C(=O)[C@@H]1CCCN1)C(C)(C)C. The quantitative estimate of drug-likeness (QED) is 0.199. The molecule has 4 atom stereocenters. The molecule has 3 rings (SSSR count). The molecule has 45 heavy (non-hydrogen) atoms. The van der Waals surface area contributed by atoms with Crippen LogP contribution in [0.3, 0.4) is 0 Å². The molecule has 0 spiro atoms. The standard InChI is InChI=1S/C33H45N5O7/c1-5-34-27(39)20-26(37-32(44)45-21-23-15-10-7-11-16-23)29(41)36-25(19-22-13-8-6-9-14-22)28(40)31(43)38(33(2,3)4)30(42)24-17-12-18-35-24/h6-11,13-16,24-26,31,35,43H,5,12,17-21H2,1-4H3,(H,34,39)(H,36,41)(H,37,44)/t24-,25-,26-,31?/m0/s1. The molecular weight excluding hydrogens is 578 g/mol. The Morgan fingerprint density at radius 1 is 0.956 bits per heavy atom. The number of aliphatic hydroxyl groups excluding tert-OH is 1. The van der Waals surface area contributed by atoms with Crippen LogP contribution >= 0.6 is 0 Å². The Hall–Kier alpha value is -4.29. The van der Waals surface area contributed by atoms with Crippen molar-refractivity contribution in [3.8, 4) is 0 Å². The molecule has 0 aliphatic carbocycles. The van der Waals surface area contributed by atoms with E-state index in [4.69, 9.17) is 4.74 Å². The van der Waals surface area contributed by atoms with Crippen molar-refractivity contribution in [2.75, 3.05) is 13.1 Å². The van der Waals surface area contributed by atoms with Crippen molar-refractivity contribution < 1.29 is 33.8 Å². The highest BCUT2D eigenvalue weighted by molar-refractivity contribution is 5.97. The zero-order chi connectivity index (χ0) is 33.0. The number of hydrogen-bond acceptors (Lipinski definition) is 8. The number of nitrogens with one attached hydrogen (secondary N) is 4. The number of nitrogens with zero attached hydrogens (tertiary/aromatic N) is 1. The molecule has 0 radical (unpaired) electrons. The van der Waals surface area contributed by atoms with Crippen LogP contribution in [0.2, 0.25) is 0 Å². The third-order valence-electron chi connectivity index (χ3n) is 7.34. The monoisotopic (exact) mass is 623 g/mol. The maximum Gasteiger partial charge on any atom is 0.408 e. The molecule has 0 bridgehead atoms. The molecule has 0 saturated carbocycles. The molecule has 12 heteroatoms. The first-order valence-corrected chi connectivity index (χ1v) is 15.3. The normalized spacial score (nSPS) is 16.5. The van der Waals surface area contributed by atoms with Crippen LogP contribution in [0.1, 0.15) is 58.1 Å². The largest absolute Gasteiger partial charge is 0.445 e. The summed E-state index contributed by atoms with van der Waals surface area (Å²) in [5, 5.41) is 22.2. The van der Waals surface area contributed by atoms with Gasteiger partial charge in [0.1, 0.15) is 12.6 Å². The lowest BCUT2D eigenvalue weighted by molar-refractivity contribution is -0.162. The minimum absolute atomic E-state index is 0.0113. The number of aliphatic hydroxyl groups is 1. The van der Waals surface area contributed by atoms with Crippen LogP contribution in [0.15, 0.2) is 60.7 Å². The zero-order valence-corrected chi connectivity index (χ0v) is 26.4. The third kappa shape index (κ3) is 10.7. The lowest BCUT2D eigenvalue weighted by Crippen LogP contribution is -2.62. The Bertz CT molecular complexity index is 1290. The van der Waals surface area contributed by atoms with E-state index in [0.717, 1.165) is 16.9 Å². The molecular formula is C33H45N5O7. The molecule has 1 aliphatic rings. The second kappa shape index (κ2) is 16.7. The van der Waals surface area contributed by atoms with E-state index in [-0.39, 0.29) is 13.0 Å². The van der Waals surface area contributed by atoms with E-state index in [0.29, 0.717) is 25.1 Å². The number of carbonyl (C=O) groups is 5. The number of ether oxygens (including phenoxy) is 1. The van der Waals surface area contributed by atoms with E-state index in [1.807, 2.05) is 6.07 Å². The van der Waals surface area contributed by atoms with Gasteiger partial charge in [-0.05, 0) is 64.6 Å². The summed E-state index contributed by atoms with van der Waals surface area (Å²) < 4.78 is 5.26. The summed E-state index contributed by atoms with van der Waals surface area (Å²) in [6.07, 6.45) is -1.87. The van der Waals surface area contributed by atoms with Crippen LogP contribution in [-0.4, -0.2) is 82.6 Å². The van der Waals surface area contributed by atoms with E-state index in [9.17, 15) is 29.1 Å². The van der Waals surface area contributed by atoms with E-state index in [2.05, 4.69) is 21.3 Å². The summed E-state index contributed by atoms with van der Waals surface area (Å²) in [5.74, 6) is -2.55. The number of carbonyl (C=O) groups excluding carboxylic acids is 5. The van der Waals surface area contributed by atoms with Crippen molar-refractivity contribution in [1.82, 2.24) is 26.2 Å². The van der Waals surface area contributed by atoms with Gasteiger partial charge in [0, 0.05) is 12.1 Å². The van der Waals surface area contributed by atoms with Crippen molar-refractivity contribution in [3.05, 3.63) is 71.8 Å². The van der Waals surface area contributed by atoms with Gasteiger partial charge >= 0.3 is 6.09 Å². The summed E-state index contributed by atoms with van der Waals surface area (Å²) in [6.45, 7) is 7.76. The molecule has 1 aliphatic heterocycles. The maximum absolute atomic E-state index is 13.9. The maximum atomic E-state index is 13.9. The van der Waals surface area contributed by atoms with Gasteiger partial charge in [-0.1, -0.05) is 60.7 Å². The van der Waals surface area contributed by atoms with Gasteiger partial charge in [0.2, 0.25) is 23.5 Å². The summed E-state index contributed by atoms with van der Waals surface area (Å²) >= 11 is 0. The van der Waals surface area contributed by atoms with E-state index < -0.39 is 65.9 Å². The number of alkyl carbamates (subject to hydrolysis) is 1. The number of rotatable bonds is 14. The molecule has 0 aromatic heterocycles. The van der Waals surface area contributed by atoms with Crippen molar-refractivity contribution in [2.45, 2.75) is 89.9 Å². The number of benzene rings is 2. The van der Waals surface area contributed by atoms with Crippen molar-refractivity contribution in [2.24, 2.45) is 0 Å². The lowest BCUT2D eigenvalue weighted by Gasteiger charge is -2.41. The van der Waals surface area contributed by atoms with Crippen molar-refractivity contribution >= 4 is 29.6 Å². The Morgan fingerprint density at radius 3 is 2.13 bits per heavy atom. The first kappa shape index (κ1) is 35.2. The van der Waals surface area contributed by atoms with Gasteiger partial charge in [0.25, 0.3) is 0 Å². The fourth-order valence-electron chi connectivity index (χ4n) is 5.10. The Labute approximate surface area is 264 Å². The van der Waals surface area contributed by atoms with E-state index in [1.54, 1.807) is 82.3 Å². The topological polar surface area (TPSA) is 166 Å². The number of amides is 4. The second-order valence-corrected chi connectivity index (χ2v) is 12.0. The minimum atomic E-state index is -1.88. The Morgan fingerprint density at radius 2 is 1.58 bits per heavy atom. The van der Waals surface area contributed by atoms with Gasteiger partial charge in [0.05, 0.1) is 18.5 Å². The number of Topliss-reactive ketones (excluding diaryl/α,β-unsaturated/α-hetero) is 1. The highest BCUT2D eigenvalue weighted by Gasteiger charge is 2.42. The summed E-state index contributed by atoms with van der Waals surface area (Å²) in [4.78, 5) is 67.4. The Kier molecular flexibility index (Phi) is 13.1. The summed E-state index contributed by atoms with van der Waals surface area (Å²) in [7, 11) is 0. The molecule has 5 N–H and O–H groups in total. The molecule has 12 nitrogen and oxygen atoms in total. The van der Waals surface area contributed by atoms with Gasteiger partial charge in [-0.25, -0.2) is 4.79 Å². The summed E-state index contributed by atoms with van der Waals surface area (Å²) in [6, 6.07) is 14.6. The lowest BCUT2D eigenvalue weighted by atomic mass is 9.96. The molecule has 2 aromatic carbocycles. The second-order valence-electron chi connectivity index (χ2n) is 12.0. The molecule has 1 fully saturated rings. The highest BCUT2D eigenvalue weighted by Crippen LogP contribution is 2.22. The average molecular weight is 624 g/mol. The van der Waals surface area contributed by atoms with Crippen LogP contribution in [-0.2, 0) is 36.9 Å².